The lowest BCUT2D eigenvalue weighted by Crippen LogP contribution is -2.30. The van der Waals surface area contributed by atoms with Gasteiger partial charge < -0.3 is 14.6 Å². The summed E-state index contributed by atoms with van der Waals surface area (Å²) in [5.41, 5.74) is -0.260. The van der Waals surface area contributed by atoms with E-state index in [-0.39, 0.29) is 24.1 Å². The number of amides is 1. The third-order valence-electron chi connectivity index (χ3n) is 4.13. The van der Waals surface area contributed by atoms with Gasteiger partial charge in [0.2, 0.25) is 11.8 Å². The van der Waals surface area contributed by atoms with E-state index in [9.17, 15) is 18.0 Å². The van der Waals surface area contributed by atoms with Gasteiger partial charge in [-0.2, -0.15) is 13.2 Å². The molecule has 0 saturated heterocycles. The van der Waals surface area contributed by atoms with Crippen molar-refractivity contribution in [3.05, 3.63) is 78.2 Å². The number of carbonyl (C=O) groups is 1. The Morgan fingerprint density at radius 2 is 1.93 bits per heavy atom. The van der Waals surface area contributed by atoms with Crippen LogP contribution in [-0.4, -0.2) is 15.5 Å². The number of hydrogen-bond acceptors (Lipinski definition) is 3. The zero-order valence-corrected chi connectivity index (χ0v) is 15.0. The zero-order valence-electron chi connectivity index (χ0n) is 15.0. The third kappa shape index (κ3) is 4.70. The van der Waals surface area contributed by atoms with Crippen LogP contribution < -0.4 is 10.1 Å². The molecule has 0 radical (unpaired) electrons. The Hall–Kier alpha value is -3.29. The zero-order chi connectivity index (χ0) is 20.1. The number of rotatable bonds is 6. The van der Waals surface area contributed by atoms with Crippen LogP contribution in [0, 0.1) is 0 Å². The summed E-state index contributed by atoms with van der Waals surface area (Å²) in [4.78, 5) is 16.4. The Bertz CT molecular complexity index is 940. The Labute approximate surface area is 159 Å². The second kappa shape index (κ2) is 8.16. The number of ether oxygens (including phenoxy) is 1. The van der Waals surface area contributed by atoms with Gasteiger partial charge in [-0.1, -0.05) is 12.1 Å². The van der Waals surface area contributed by atoms with Gasteiger partial charge in [-0.05, 0) is 43.3 Å². The molecule has 0 spiro atoms. The van der Waals surface area contributed by atoms with Gasteiger partial charge in [0.1, 0.15) is 11.8 Å². The minimum atomic E-state index is -4.46. The maximum absolute atomic E-state index is 12.9. The SMILES string of the molecule is CC(C(=O)NCc1cccnc1Oc1cccc(C(F)(F)F)c1)n1cccc1. The quantitative estimate of drug-likeness (QED) is 0.672. The molecule has 0 saturated carbocycles. The maximum Gasteiger partial charge on any atom is 0.416 e. The van der Waals surface area contributed by atoms with E-state index in [0.29, 0.717) is 5.56 Å². The van der Waals surface area contributed by atoms with Crippen LogP contribution in [0.2, 0.25) is 0 Å². The summed E-state index contributed by atoms with van der Waals surface area (Å²) >= 11 is 0. The number of aromatic nitrogens is 2. The van der Waals surface area contributed by atoms with E-state index in [1.165, 1.54) is 18.3 Å². The second-order valence-electron chi connectivity index (χ2n) is 6.12. The van der Waals surface area contributed by atoms with Gasteiger partial charge in [-0.3, -0.25) is 4.79 Å². The number of alkyl halides is 3. The highest BCUT2D eigenvalue weighted by Crippen LogP contribution is 2.32. The predicted molar refractivity (Wildman–Crippen MR) is 96.7 cm³/mol. The van der Waals surface area contributed by atoms with Gasteiger partial charge >= 0.3 is 6.18 Å². The maximum atomic E-state index is 12.9. The van der Waals surface area contributed by atoms with Crippen LogP contribution in [0.4, 0.5) is 13.2 Å². The van der Waals surface area contributed by atoms with Crippen molar-refractivity contribution in [2.45, 2.75) is 25.7 Å². The summed E-state index contributed by atoms with van der Waals surface area (Å²) in [6.07, 6.45) is 0.582. The van der Waals surface area contributed by atoms with Crippen LogP contribution in [0.3, 0.4) is 0 Å². The van der Waals surface area contributed by atoms with Crippen LogP contribution in [0.5, 0.6) is 11.6 Å². The minimum Gasteiger partial charge on any atom is -0.439 e. The molecule has 0 aliphatic rings. The van der Waals surface area contributed by atoms with Crippen molar-refractivity contribution in [1.29, 1.82) is 0 Å². The molecule has 1 amide bonds. The molecule has 1 N–H and O–H groups in total. The monoisotopic (exact) mass is 389 g/mol. The van der Waals surface area contributed by atoms with E-state index >= 15 is 0 Å². The highest BCUT2D eigenvalue weighted by Gasteiger charge is 2.30. The van der Waals surface area contributed by atoms with Crippen LogP contribution >= 0.6 is 0 Å². The number of nitrogens with one attached hydrogen (secondary N) is 1. The lowest BCUT2D eigenvalue weighted by Gasteiger charge is -2.15. The fourth-order valence-corrected chi connectivity index (χ4v) is 2.57. The second-order valence-corrected chi connectivity index (χ2v) is 6.12. The summed E-state index contributed by atoms with van der Waals surface area (Å²) in [7, 11) is 0. The molecule has 5 nitrogen and oxygen atoms in total. The van der Waals surface area contributed by atoms with Gasteiger partial charge in [0.25, 0.3) is 0 Å². The first-order chi connectivity index (χ1) is 13.3. The van der Waals surface area contributed by atoms with Crippen molar-refractivity contribution in [3.8, 4) is 11.6 Å². The van der Waals surface area contributed by atoms with Gasteiger partial charge in [0.15, 0.2) is 0 Å². The number of pyridine rings is 1. The Morgan fingerprint density at radius 3 is 2.64 bits per heavy atom. The number of carbonyl (C=O) groups excluding carboxylic acids is 1. The van der Waals surface area contributed by atoms with Crippen LogP contribution in [-0.2, 0) is 17.5 Å². The average Bonchev–Trinajstić information content (AvgIpc) is 3.21. The molecule has 0 aliphatic carbocycles. The molecular weight excluding hydrogens is 371 g/mol. The number of nitrogens with zero attached hydrogens (tertiary/aromatic N) is 2. The molecule has 1 atom stereocenters. The molecule has 1 aromatic carbocycles. The Kier molecular flexibility index (Phi) is 5.67. The van der Waals surface area contributed by atoms with Gasteiger partial charge in [0.05, 0.1) is 5.56 Å². The van der Waals surface area contributed by atoms with Crippen molar-refractivity contribution < 1.29 is 22.7 Å². The van der Waals surface area contributed by atoms with Crippen molar-refractivity contribution in [3.63, 3.8) is 0 Å². The summed E-state index contributed by atoms with van der Waals surface area (Å²) in [5.74, 6) is -0.0531. The van der Waals surface area contributed by atoms with Crippen molar-refractivity contribution >= 4 is 5.91 Å². The fraction of sp³-hybridized carbons (Fsp3) is 0.200. The molecule has 0 aliphatic heterocycles. The topological polar surface area (TPSA) is 56.1 Å². The van der Waals surface area contributed by atoms with Gasteiger partial charge in [-0.15, -0.1) is 0 Å². The lowest BCUT2D eigenvalue weighted by atomic mass is 10.2. The molecule has 28 heavy (non-hydrogen) atoms. The molecular formula is C20H18F3N3O2. The smallest absolute Gasteiger partial charge is 0.416 e. The molecule has 0 bridgehead atoms. The third-order valence-corrected chi connectivity index (χ3v) is 4.13. The van der Waals surface area contributed by atoms with Crippen LogP contribution in [0.1, 0.15) is 24.1 Å². The van der Waals surface area contributed by atoms with Gasteiger partial charge in [-0.25, -0.2) is 4.98 Å². The standard InChI is InChI=1S/C20H18F3N3O2/c1-14(26-10-2-3-11-26)18(27)25-13-15-6-5-9-24-19(15)28-17-8-4-7-16(12-17)20(21,22)23/h2-12,14H,13H2,1H3,(H,25,27). The highest BCUT2D eigenvalue weighted by molar-refractivity contribution is 5.79. The van der Waals surface area contributed by atoms with E-state index < -0.39 is 17.8 Å². The van der Waals surface area contributed by atoms with E-state index in [2.05, 4.69) is 10.3 Å². The molecule has 3 rings (SSSR count). The first-order valence-electron chi connectivity index (χ1n) is 8.54. The van der Waals surface area contributed by atoms with E-state index in [0.717, 1.165) is 12.1 Å². The van der Waals surface area contributed by atoms with Gasteiger partial charge in [0, 0.05) is 30.7 Å². The highest BCUT2D eigenvalue weighted by atomic mass is 19.4. The number of halogens is 3. The molecule has 8 heteroatoms. The van der Waals surface area contributed by atoms with E-state index in [4.69, 9.17) is 4.74 Å². The van der Waals surface area contributed by atoms with Crippen LogP contribution in [0.25, 0.3) is 0 Å². The normalized spacial score (nSPS) is 12.4. The summed E-state index contributed by atoms with van der Waals surface area (Å²) in [6, 6.07) is 11.2. The summed E-state index contributed by atoms with van der Waals surface area (Å²) in [6.45, 7) is 1.89. The molecule has 0 fully saturated rings. The molecule has 1 unspecified atom stereocenters. The van der Waals surface area contributed by atoms with Crippen molar-refractivity contribution in [2.24, 2.45) is 0 Å². The molecule has 146 valence electrons. The first kappa shape index (κ1) is 19.5. The average molecular weight is 389 g/mol. The predicted octanol–water partition coefficient (Wildman–Crippen LogP) is 4.57. The Morgan fingerprint density at radius 1 is 1.18 bits per heavy atom. The lowest BCUT2D eigenvalue weighted by molar-refractivity contribution is -0.137. The molecule has 2 aromatic heterocycles. The van der Waals surface area contributed by atoms with E-state index in [1.54, 1.807) is 36.0 Å². The largest absolute Gasteiger partial charge is 0.439 e. The summed E-state index contributed by atoms with van der Waals surface area (Å²) in [5, 5.41) is 2.79. The summed E-state index contributed by atoms with van der Waals surface area (Å²) < 4.78 is 45.9. The minimum absolute atomic E-state index is 0.0156. The number of hydrogen-bond donors (Lipinski definition) is 1. The van der Waals surface area contributed by atoms with Crippen molar-refractivity contribution in [2.75, 3.05) is 0 Å². The van der Waals surface area contributed by atoms with Crippen molar-refractivity contribution in [1.82, 2.24) is 14.9 Å². The number of benzene rings is 1. The van der Waals surface area contributed by atoms with Crippen LogP contribution in [0.15, 0.2) is 67.1 Å². The molecule has 2 heterocycles. The fourth-order valence-electron chi connectivity index (χ4n) is 2.57. The molecule has 3 aromatic rings. The first-order valence-corrected chi connectivity index (χ1v) is 8.54. The van der Waals surface area contributed by atoms with E-state index in [1.807, 2.05) is 12.1 Å². The Balaban J connectivity index is 1.71.